The van der Waals surface area contributed by atoms with Gasteiger partial charge >= 0.3 is 5.97 Å². The largest absolute Gasteiger partial charge is 0.491 e. The van der Waals surface area contributed by atoms with Gasteiger partial charge in [-0.3, -0.25) is 9.48 Å². The number of carboxylic acid groups (broad SMARTS) is 1. The Balaban J connectivity index is 1.89. The third-order valence-corrected chi connectivity index (χ3v) is 6.10. The second kappa shape index (κ2) is 7.69. The fraction of sp³-hybridized carbons (Fsp3) is 0.435. The molecule has 3 aromatic rings. The molecule has 0 bridgehead atoms. The summed E-state index contributed by atoms with van der Waals surface area (Å²) in [6.45, 7) is 8.39. The molecule has 0 radical (unpaired) electrons. The number of aromatic carboxylic acids is 1. The molecule has 0 saturated carbocycles. The number of carboxylic acids is 1. The van der Waals surface area contributed by atoms with E-state index in [0.29, 0.717) is 23.5 Å². The zero-order valence-electron chi connectivity index (χ0n) is 18.6. The number of aromatic nitrogens is 3. The van der Waals surface area contributed by atoms with Crippen molar-refractivity contribution in [2.75, 3.05) is 6.61 Å². The lowest BCUT2D eigenvalue weighted by Gasteiger charge is -2.38. The molecule has 170 valence electrons. The van der Waals surface area contributed by atoms with Gasteiger partial charge in [0, 0.05) is 24.1 Å². The topological polar surface area (TPSA) is 86.3 Å². The Kier molecular flexibility index (Phi) is 5.40. The maximum absolute atomic E-state index is 13.8. The number of fused-ring (bicyclic) bond motifs is 5. The van der Waals surface area contributed by atoms with Crippen LogP contribution in [0.2, 0.25) is 0 Å². The number of rotatable bonds is 5. The fourth-order valence-electron chi connectivity index (χ4n) is 4.11. The molecular weight excluding hydrogens is 432 g/mol. The van der Waals surface area contributed by atoms with Gasteiger partial charge in [0.25, 0.3) is 0 Å². The molecule has 1 aromatic carbocycles. The van der Waals surface area contributed by atoms with Gasteiger partial charge in [-0.2, -0.15) is 5.10 Å². The normalized spacial score (nSPS) is 17.5. The summed E-state index contributed by atoms with van der Waals surface area (Å²) in [5.74, 6) is -0.700. The number of hydrogen-bond acceptors (Lipinski definition) is 4. The number of benzene rings is 1. The zero-order chi connectivity index (χ0) is 23.4. The number of carbonyl (C=O) groups is 1. The van der Waals surface area contributed by atoms with Gasteiger partial charge in [-0.05, 0) is 18.4 Å². The molecule has 0 spiro atoms. The highest BCUT2D eigenvalue weighted by molar-refractivity contribution is 7.18. The van der Waals surface area contributed by atoms with Crippen LogP contribution < -0.4 is 10.2 Å². The number of hydrogen-bond donors (Lipinski definition) is 1. The predicted octanol–water partition coefficient (Wildman–Crippen LogP) is 4.49. The molecular formula is C23H27FN3O4P. The Hall–Kier alpha value is -2.73. The third-order valence-electron chi connectivity index (χ3n) is 5.82. The Morgan fingerprint density at radius 2 is 2.06 bits per heavy atom. The first kappa shape index (κ1) is 22.5. The molecule has 3 atom stereocenters. The van der Waals surface area contributed by atoms with E-state index in [9.17, 15) is 19.1 Å². The minimum atomic E-state index is -1.41. The molecule has 0 fully saturated rings. The van der Waals surface area contributed by atoms with E-state index in [2.05, 4.69) is 30.0 Å². The molecule has 32 heavy (non-hydrogen) atoms. The highest BCUT2D eigenvalue weighted by Crippen LogP contribution is 2.43. The first-order valence-corrected chi connectivity index (χ1v) is 11.0. The Labute approximate surface area is 187 Å². The molecule has 4 rings (SSSR count). The molecule has 1 aliphatic rings. The van der Waals surface area contributed by atoms with E-state index < -0.39 is 16.8 Å². The summed E-state index contributed by atoms with van der Waals surface area (Å²) in [4.78, 5) is 24.2. The average Bonchev–Trinajstić information content (AvgIpc) is 3.04. The highest BCUT2D eigenvalue weighted by atomic mass is 31.0. The van der Waals surface area contributed by atoms with Gasteiger partial charge in [-0.25, -0.2) is 9.18 Å². The quantitative estimate of drug-likeness (QED) is 0.568. The van der Waals surface area contributed by atoms with E-state index in [4.69, 9.17) is 9.84 Å². The lowest BCUT2D eigenvalue weighted by atomic mass is 9.85. The van der Waals surface area contributed by atoms with Crippen LogP contribution in [0.1, 0.15) is 50.5 Å². The molecule has 0 aliphatic carbocycles. The van der Waals surface area contributed by atoms with Crippen molar-refractivity contribution < 1.29 is 19.0 Å². The monoisotopic (exact) mass is 459 g/mol. The Morgan fingerprint density at radius 1 is 1.34 bits per heavy atom. The summed E-state index contributed by atoms with van der Waals surface area (Å²) in [6.07, 6.45) is 1.66. The van der Waals surface area contributed by atoms with Crippen molar-refractivity contribution in [1.82, 2.24) is 14.3 Å². The molecule has 0 amide bonds. The number of alkyl halides is 1. The minimum Gasteiger partial charge on any atom is -0.491 e. The number of halogens is 1. The van der Waals surface area contributed by atoms with Crippen molar-refractivity contribution in [2.45, 2.75) is 52.1 Å². The minimum absolute atomic E-state index is 0.119. The van der Waals surface area contributed by atoms with Crippen LogP contribution >= 0.6 is 9.24 Å². The van der Waals surface area contributed by atoms with Crippen LogP contribution in [-0.4, -0.2) is 37.4 Å². The van der Waals surface area contributed by atoms with Crippen molar-refractivity contribution in [3.05, 3.63) is 46.2 Å². The molecule has 3 unspecified atom stereocenters. The van der Waals surface area contributed by atoms with E-state index in [0.717, 1.165) is 11.1 Å². The lowest BCUT2D eigenvalue weighted by Crippen LogP contribution is -2.35. The van der Waals surface area contributed by atoms with Gasteiger partial charge in [0.15, 0.2) is 5.43 Å². The van der Waals surface area contributed by atoms with Crippen LogP contribution in [-0.2, 0) is 6.54 Å². The summed E-state index contributed by atoms with van der Waals surface area (Å²) >= 11 is 0. The van der Waals surface area contributed by atoms with Crippen molar-refractivity contribution >= 4 is 26.1 Å². The molecule has 3 heterocycles. The van der Waals surface area contributed by atoms with Crippen LogP contribution in [0, 0.1) is 5.41 Å². The van der Waals surface area contributed by atoms with E-state index in [1.807, 2.05) is 21.4 Å². The number of ether oxygens (including phenoxy) is 1. The standard InChI is InChI=1S/C23H27FN3O4P/c1-22(2,3)18-12-27-20(15-10-16(28)14(21(29)30)11-26(15)18)13-6-5-7-17(19(13)25-27)31-9-8-23(4,24)32/h5-7,10-11,18H,8-9,12,32H2,1-4H3,(H,29,30). The highest BCUT2D eigenvalue weighted by Gasteiger charge is 2.35. The van der Waals surface area contributed by atoms with Crippen LogP contribution in [0.4, 0.5) is 4.39 Å². The molecule has 9 heteroatoms. The third kappa shape index (κ3) is 4.04. The summed E-state index contributed by atoms with van der Waals surface area (Å²) in [5, 5.41) is 13.6. The Morgan fingerprint density at radius 3 is 2.69 bits per heavy atom. The fourth-order valence-corrected chi connectivity index (χ4v) is 4.22. The summed E-state index contributed by atoms with van der Waals surface area (Å²) in [6, 6.07) is 6.78. The van der Waals surface area contributed by atoms with E-state index in [1.165, 1.54) is 19.2 Å². The molecule has 7 nitrogen and oxygen atoms in total. The van der Waals surface area contributed by atoms with E-state index in [1.54, 1.807) is 6.07 Å². The second-order valence-electron chi connectivity index (χ2n) is 9.59. The SMILES string of the molecule is CC(F)(P)CCOc1cccc2c3n(nc12)CC(C(C)(C)C)n1cc(C(=O)O)c(=O)cc1-3. The van der Waals surface area contributed by atoms with Crippen LogP contribution in [0.15, 0.2) is 35.3 Å². The maximum atomic E-state index is 13.8. The maximum Gasteiger partial charge on any atom is 0.341 e. The predicted molar refractivity (Wildman–Crippen MR) is 124 cm³/mol. The van der Waals surface area contributed by atoms with Crippen LogP contribution in [0.5, 0.6) is 5.75 Å². The average molecular weight is 459 g/mol. The Bertz CT molecular complexity index is 1270. The number of pyridine rings is 1. The van der Waals surface area contributed by atoms with Gasteiger partial charge < -0.3 is 14.4 Å². The van der Waals surface area contributed by atoms with Gasteiger partial charge in [0.2, 0.25) is 0 Å². The molecule has 0 saturated heterocycles. The molecule has 2 aromatic heterocycles. The lowest BCUT2D eigenvalue weighted by molar-refractivity contribution is 0.0693. The first-order valence-electron chi connectivity index (χ1n) is 10.5. The van der Waals surface area contributed by atoms with Crippen molar-refractivity contribution in [3.63, 3.8) is 0 Å². The van der Waals surface area contributed by atoms with Gasteiger partial charge in [-0.15, -0.1) is 0 Å². The van der Waals surface area contributed by atoms with Crippen molar-refractivity contribution in [2.24, 2.45) is 5.41 Å². The van der Waals surface area contributed by atoms with E-state index in [-0.39, 0.29) is 30.0 Å². The summed E-state index contributed by atoms with van der Waals surface area (Å²) in [7, 11) is 2.16. The van der Waals surface area contributed by atoms with Gasteiger partial charge in [0.05, 0.1) is 30.6 Å². The summed E-state index contributed by atoms with van der Waals surface area (Å²) in [5.41, 5.74) is 0.959. The zero-order valence-corrected chi connectivity index (χ0v) is 19.7. The molecule has 1 N–H and O–H groups in total. The number of nitrogens with zero attached hydrogens (tertiary/aromatic N) is 3. The van der Waals surface area contributed by atoms with Crippen molar-refractivity contribution in [1.29, 1.82) is 0 Å². The first-order chi connectivity index (χ1) is 14.9. The van der Waals surface area contributed by atoms with Gasteiger partial charge in [-0.1, -0.05) is 42.1 Å². The second-order valence-corrected chi connectivity index (χ2v) is 10.8. The summed E-state index contributed by atoms with van der Waals surface area (Å²) < 4.78 is 23.4. The van der Waals surface area contributed by atoms with Gasteiger partial charge in [0.1, 0.15) is 22.2 Å². The van der Waals surface area contributed by atoms with Crippen molar-refractivity contribution in [3.8, 4) is 17.1 Å². The van der Waals surface area contributed by atoms with E-state index >= 15 is 0 Å². The molecule has 1 aliphatic heterocycles. The smallest absolute Gasteiger partial charge is 0.341 e. The van der Waals surface area contributed by atoms with Crippen LogP contribution in [0.25, 0.3) is 22.3 Å². The van der Waals surface area contributed by atoms with Crippen LogP contribution in [0.3, 0.4) is 0 Å².